The summed E-state index contributed by atoms with van der Waals surface area (Å²) >= 11 is 17.4. The zero-order valence-corrected chi connectivity index (χ0v) is 18.5. The Kier molecular flexibility index (Phi) is 9.23. The third-order valence-corrected chi connectivity index (χ3v) is 4.52. The monoisotopic (exact) mass is 472 g/mol. The Morgan fingerprint density at radius 2 is 1.93 bits per heavy atom. The molecule has 0 aromatic heterocycles. The number of ether oxygens (including phenoxy) is 2. The third kappa shape index (κ3) is 7.09. The maximum Gasteiger partial charge on any atom is 0.269 e. The van der Waals surface area contributed by atoms with Crippen LogP contribution in [-0.4, -0.2) is 31.0 Å². The molecule has 0 N–H and O–H groups in total. The molecule has 30 heavy (non-hydrogen) atoms. The normalized spacial score (nSPS) is 11.0. The fourth-order valence-electron chi connectivity index (χ4n) is 2.47. The van der Waals surface area contributed by atoms with Crippen LogP contribution in [0.15, 0.2) is 52.1 Å². The molecule has 0 bridgehead atoms. The molecule has 0 aliphatic heterocycles. The van der Waals surface area contributed by atoms with Crippen molar-refractivity contribution in [2.24, 2.45) is 5.16 Å². The molecule has 0 amide bonds. The van der Waals surface area contributed by atoms with Gasteiger partial charge in [-0.2, -0.15) is 0 Å². The van der Waals surface area contributed by atoms with Crippen LogP contribution in [-0.2, 0) is 11.3 Å². The van der Waals surface area contributed by atoms with Gasteiger partial charge in [-0.3, -0.25) is 10.1 Å². The molecule has 2 aromatic rings. The van der Waals surface area contributed by atoms with Crippen LogP contribution in [0.2, 0.25) is 5.02 Å². The average molecular weight is 474 g/mol. The predicted octanol–water partition coefficient (Wildman–Crippen LogP) is 5.94. The van der Waals surface area contributed by atoms with Crippen molar-refractivity contribution in [1.29, 1.82) is 0 Å². The Labute approximate surface area is 188 Å². The van der Waals surface area contributed by atoms with Gasteiger partial charge in [-0.1, -0.05) is 52.1 Å². The molecule has 0 aliphatic rings. The molecule has 0 fully saturated rings. The Hall–Kier alpha value is -2.48. The number of non-ortho nitro benzene ring substituents is 1. The highest BCUT2D eigenvalue weighted by molar-refractivity contribution is 6.55. The van der Waals surface area contributed by atoms with Gasteiger partial charge in [0.1, 0.15) is 29.2 Å². The smallest absolute Gasteiger partial charge is 0.269 e. The maximum atomic E-state index is 10.7. The highest BCUT2D eigenvalue weighted by Crippen LogP contribution is 2.34. The molecule has 10 heteroatoms. The van der Waals surface area contributed by atoms with Gasteiger partial charge in [0.05, 0.1) is 22.8 Å². The van der Waals surface area contributed by atoms with E-state index in [0.717, 1.165) is 5.56 Å². The van der Waals surface area contributed by atoms with E-state index < -0.39 is 4.92 Å². The minimum atomic E-state index is -0.440. The van der Waals surface area contributed by atoms with Crippen molar-refractivity contribution in [2.75, 3.05) is 20.3 Å². The van der Waals surface area contributed by atoms with Gasteiger partial charge in [0.25, 0.3) is 5.69 Å². The second kappa shape index (κ2) is 11.6. The number of benzene rings is 2. The van der Waals surface area contributed by atoms with Gasteiger partial charge in [0.15, 0.2) is 0 Å². The molecule has 0 atom stereocenters. The van der Waals surface area contributed by atoms with Gasteiger partial charge in [-0.25, -0.2) is 0 Å². The number of nitro groups is 1. The Balaban J connectivity index is 2.05. The second-order valence-electron chi connectivity index (χ2n) is 5.97. The lowest BCUT2D eigenvalue weighted by atomic mass is 10.1. The molecule has 2 rings (SSSR count). The van der Waals surface area contributed by atoms with Crippen molar-refractivity contribution < 1.29 is 19.2 Å². The first kappa shape index (κ1) is 23.8. The molecule has 0 radical (unpaired) electrons. The summed E-state index contributed by atoms with van der Waals surface area (Å²) in [6.45, 7) is 2.21. The quantitative estimate of drug-likeness (QED) is 0.185. The molecular weight excluding hydrogens is 455 g/mol. The molecule has 7 nitrogen and oxygen atoms in total. The number of hydrogen-bond donors (Lipinski definition) is 0. The first-order valence-electron chi connectivity index (χ1n) is 8.73. The van der Waals surface area contributed by atoms with Gasteiger partial charge < -0.3 is 14.3 Å². The Bertz CT molecular complexity index is 942. The summed E-state index contributed by atoms with van der Waals surface area (Å²) in [5.41, 5.74) is 2.09. The van der Waals surface area contributed by atoms with E-state index in [4.69, 9.17) is 49.1 Å². The van der Waals surface area contributed by atoms with Crippen LogP contribution >= 0.6 is 34.8 Å². The van der Waals surface area contributed by atoms with Gasteiger partial charge in [0.2, 0.25) is 0 Å². The summed E-state index contributed by atoms with van der Waals surface area (Å²) in [4.78, 5) is 15.6. The molecule has 0 heterocycles. The van der Waals surface area contributed by atoms with E-state index in [0.29, 0.717) is 40.8 Å². The Morgan fingerprint density at radius 1 is 1.23 bits per heavy atom. The van der Waals surface area contributed by atoms with Crippen LogP contribution < -0.4 is 9.47 Å². The molecule has 160 valence electrons. The first-order chi connectivity index (χ1) is 14.3. The number of halogens is 3. The SMILES string of the molecule is COc1c(Cl)cc(OCC=C(Cl)Cl)cc1C(C)=NOCCc1ccc([N+](=O)[O-])cc1. The van der Waals surface area contributed by atoms with Gasteiger partial charge in [0, 0.05) is 30.2 Å². The molecule has 0 aliphatic carbocycles. The van der Waals surface area contributed by atoms with Crippen molar-refractivity contribution in [3.63, 3.8) is 0 Å². The lowest BCUT2D eigenvalue weighted by Crippen LogP contribution is -2.04. The fraction of sp³-hybridized carbons (Fsp3) is 0.250. The number of rotatable bonds is 10. The zero-order valence-electron chi connectivity index (χ0n) is 16.2. The third-order valence-electron chi connectivity index (χ3n) is 3.93. The van der Waals surface area contributed by atoms with Crippen molar-refractivity contribution in [3.8, 4) is 11.5 Å². The van der Waals surface area contributed by atoms with E-state index in [-0.39, 0.29) is 16.8 Å². The molecular formula is C20H19Cl3N2O5. The highest BCUT2D eigenvalue weighted by atomic mass is 35.5. The van der Waals surface area contributed by atoms with Crippen molar-refractivity contribution in [3.05, 3.63) is 73.2 Å². The van der Waals surface area contributed by atoms with Crippen molar-refractivity contribution in [1.82, 2.24) is 0 Å². The van der Waals surface area contributed by atoms with Gasteiger partial charge in [-0.15, -0.1) is 0 Å². The number of nitro benzene ring substituents is 1. The van der Waals surface area contributed by atoms with E-state index in [9.17, 15) is 10.1 Å². The highest BCUT2D eigenvalue weighted by Gasteiger charge is 2.14. The first-order valence-corrected chi connectivity index (χ1v) is 9.87. The second-order valence-corrected chi connectivity index (χ2v) is 7.39. The van der Waals surface area contributed by atoms with Crippen LogP contribution in [0.4, 0.5) is 5.69 Å². The maximum absolute atomic E-state index is 10.7. The van der Waals surface area contributed by atoms with Crippen LogP contribution in [0.3, 0.4) is 0 Å². The molecule has 0 saturated carbocycles. The summed E-state index contributed by atoms with van der Waals surface area (Å²) in [6.07, 6.45) is 2.05. The summed E-state index contributed by atoms with van der Waals surface area (Å²) in [5, 5.41) is 15.2. The minimum absolute atomic E-state index is 0.0448. The average Bonchev–Trinajstić information content (AvgIpc) is 2.70. The number of nitrogens with zero attached hydrogens (tertiary/aromatic N) is 2. The van der Waals surface area contributed by atoms with Gasteiger partial charge in [-0.05, 0) is 24.6 Å². The van der Waals surface area contributed by atoms with E-state index in [1.807, 2.05) is 0 Å². The lowest BCUT2D eigenvalue weighted by Gasteiger charge is -2.13. The van der Waals surface area contributed by atoms with Crippen molar-refractivity contribution in [2.45, 2.75) is 13.3 Å². The number of hydrogen-bond acceptors (Lipinski definition) is 6. The largest absolute Gasteiger partial charge is 0.494 e. The summed E-state index contributed by atoms with van der Waals surface area (Å²) in [6, 6.07) is 9.61. The minimum Gasteiger partial charge on any atom is -0.494 e. The van der Waals surface area contributed by atoms with Crippen LogP contribution in [0.5, 0.6) is 11.5 Å². The summed E-state index contributed by atoms with van der Waals surface area (Å²) in [5.74, 6) is 0.928. The fourth-order valence-corrected chi connectivity index (χ4v) is 2.88. The van der Waals surface area contributed by atoms with E-state index >= 15 is 0 Å². The number of methoxy groups -OCH3 is 1. The summed E-state index contributed by atoms with van der Waals surface area (Å²) < 4.78 is 11.0. The van der Waals surface area contributed by atoms with E-state index in [1.54, 1.807) is 31.2 Å². The van der Waals surface area contributed by atoms with E-state index in [2.05, 4.69) is 5.16 Å². The van der Waals surface area contributed by atoms with Crippen LogP contribution in [0.1, 0.15) is 18.1 Å². The van der Waals surface area contributed by atoms with Gasteiger partial charge >= 0.3 is 0 Å². The Morgan fingerprint density at radius 3 is 2.53 bits per heavy atom. The standard InChI is InChI=1S/C20H19Cl3N2O5/c1-13(24-30-10-7-14-3-5-15(6-4-14)25(26)27)17-11-16(29-9-8-19(22)23)12-18(21)20(17)28-2/h3-6,8,11-12H,7,9-10H2,1-2H3. The van der Waals surface area contributed by atoms with Crippen molar-refractivity contribution >= 4 is 46.2 Å². The van der Waals surface area contributed by atoms with Crippen LogP contribution in [0, 0.1) is 10.1 Å². The predicted molar refractivity (Wildman–Crippen MR) is 118 cm³/mol. The molecule has 0 unspecified atom stereocenters. The zero-order chi connectivity index (χ0) is 22.1. The molecule has 2 aromatic carbocycles. The van der Waals surface area contributed by atoms with Crippen LogP contribution in [0.25, 0.3) is 0 Å². The number of oxime groups is 1. The molecule has 0 saturated heterocycles. The van der Waals surface area contributed by atoms with E-state index in [1.165, 1.54) is 25.3 Å². The molecule has 0 spiro atoms. The lowest BCUT2D eigenvalue weighted by molar-refractivity contribution is -0.384. The summed E-state index contributed by atoms with van der Waals surface area (Å²) in [7, 11) is 1.50. The topological polar surface area (TPSA) is 83.2 Å².